The summed E-state index contributed by atoms with van der Waals surface area (Å²) >= 11 is 0. The predicted octanol–water partition coefficient (Wildman–Crippen LogP) is 5.75. The van der Waals surface area contributed by atoms with E-state index in [1.807, 2.05) is 39.8 Å². The fourth-order valence-electron chi connectivity index (χ4n) is 5.24. The molecule has 1 unspecified atom stereocenters. The first-order valence-corrected chi connectivity index (χ1v) is 13.2. The van der Waals surface area contributed by atoms with Gasteiger partial charge in [-0.15, -0.1) is 0 Å². The topological polar surface area (TPSA) is 88.8 Å². The Labute approximate surface area is 218 Å². The number of hydrogen-bond acceptors (Lipinski definition) is 4. The molecule has 0 saturated carbocycles. The third kappa shape index (κ3) is 5.77. The van der Waals surface area contributed by atoms with Crippen LogP contribution >= 0.6 is 0 Å². The van der Waals surface area contributed by atoms with Crippen molar-refractivity contribution in [3.8, 4) is 11.3 Å². The second kappa shape index (κ2) is 11.7. The monoisotopic (exact) mass is 504 g/mol. The number of carboxylic acid groups (broad SMARTS) is 1. The fourth-order valence-corrected chi connectivity index (χ4v) is 5.24. The summed E-state index contributed by atoms with van der Waals surface area (Å²) in [7, 11) is 0. The third-order valence-corrected chi connectivity index (χ3v) is 7.31. The molecule has 1 aliphatic heterocycles. The number of nitrogens with zero attached hydrogens (tertiary/aromatic N) is 2. The Kier molecular flexibility index (Phi) is 8.44. The first-order chi connectivity index (χ1) is 17.8. The lowest BCUT2D eigenvalue weighted by atomic mass is 9.90. The van der Waals surface area contributed by atoms with E-state index < -0.39 is 5.97 Å². The van der Waals surface area contributed by atoms with Gasteiger partial charge in [-0.3, -0.25) is 9.59 Å². The maximum Gasteiger partial charge on any atom is 0.335 e. The number of Topliss-reactive ketones (excluding diaryl/α,β-unsaturated/α-hetero) is 1. The van der Waals surface area contributed by atoms with Crippen molar-refractivity contribution in [1.29, 1.82) is 0 Å². The van der Waals surface area contributed by atoms with E-state index in [1.54, 1.807) is 19.1 Å². The maximum atomic E-state index is 13.4. The lowest BCUT2D eigenvalue weighted by molar-refractivity contribution is -0.135. The highest BCUT2D eigenvalue weighted by Crippen LogP contribution is 2.41. The molecular weight excluding hydrogens is 468 g/mol. The van der Waals surface area contributed by atoms with Gasteiger partial charge in [-0.25, -0.2) is 4.79 Å². The van der Waals surface area contributed by atoms with E-state index in [4.69, 9.17) is 4.74 Å². The van der Waals surface area contributed by atoms with Crippen LogP contribution in [0.4, 0.5) is 0 Å². The van der Waals surface area contributed by atoms with Crippen LogP contribution in [0.25, 0.3) is 22.2 Å². The second-order valence-electron chi connectivity index (χ2n) is 9.91. The molecule has 7 heteroatoms. The van der Waals surface area contributed by atoms with Gasteiger partial charge in [0.1, 0.15) is 6.54 Å². The van der Waals surface area contributed by atoms with Crippen molar-refractivity contribution < 1.29 is 24.2 Å². The molecule has 7 nitrogen and oxygen atoms in total. The van der Waals surface area contributed by atoms with E-state index in [9.17, 15) is 19.5 Å². The van der Waals surface area contributed by atoms with Gasteiger partial charge in [0.2, 0.25) is 5.91 Å². The summed E-state index contributed by atoms with van der Waals surface area (Å²) in [5, 5.41) is 10.7. The molecule has 1 aliphatic rings. The van der Waals surface area contributed by atoms with Gasteiger partial charge in [0.15, 0.2) is 5.78 Å². The summed E-state index contributed by atoms with van der Waals surface area (Å²) in [6, 6.07) is 12.7. The second-order valence-corrected chi connectivity index (χ2v) is 9.91. The normalized spacial score (nSPS) is 14.6. The summed E-state index contributed by atoms with van der Waals surface area (Å²) in [6.07, 6.45) is 4.35. The van der Waals surface area contributed by atoms with Crippen molar-refractivity contribution in [3.63, 3.8) is 0 Å². The van der Waals surface area contributed by atoms with Crippen molar-refractivity contribution >= 4 is 28.6 Å². The van der Waals surface area contributed by atoms with E-state index in [-0.39, 0.29) is 29.7 Å². The molecular formula is C30H36N2O5. The SMILES string of the molecule is CCCCCC(C)c1c(-c2ccc(C(C)=O)cc2)n(CC(=O)N2CCOCC2)c2cc(C(=O)O)ccc12. The molecule has 4 rings (SSSR count). The van der Waals surface area contributed by atoms with Crippen molar-refractivity contribution in [2.24, 2.45) is 0 Å². The Balaban J connectivity index is 1.92. The zero-order valence-corrected chi connectivity index (χ0v) is 22.0. The average molecular weight is 505 g/mol. The van der Waals surface area contributed by atoms with Crippen LogP contribution in [0.5, 0.6) is 0 Å². The summed E-state index contributed by atoms with van der Waals surface area (Å²) in [4.78, 5) is 39.0. The molecule has 2 heterocycles. The molecule has 37 heavy (non-hydrogen) atoms. The van der Waals surface area contributed by atoms with Crippen molar-refractivity contribution in [1.82, 2.24) is 9.47 Å². The van der Waals surface area contributed by atoms with Crippen LogP contribution in [0, 0.1) is 0 Å². The lowest BCUT2D eigenvalue weighted by Crippen LogP contribution is -2.42. The number of unbranched alkanes of at least 4 members (excludes halogenated alkanes) is 2. The van der Waals surface area contributed by atoms with E-state index >= 15 is 0 Å². The molecule has 1 N–H and O–H groups in total. The van der Waals surface area contributed by atoms with Gasteiger partial charge in [0.05, 0.1) is 30.0 Å². The molecule has 196 valence electrons. The number of amides is 1. The van der Waals surface area contributed by atoms with Gasteiger partial charge in [-0.1, -0.05) is 63.4 Å². The molecule has 3 aromatic rings. The molecule has 0 radical (unpaired) electrons. The van der Waals surface area contributed by atoms with Gasteiger partial charge < -0.3 is 19.3 Å². The Morgan fingerprint density at radius 2 is 1.68 bits per heavy atom. The molecule has 0 aliphatic carbocycles. The number of hydrogen-bond donors (Lipinski definition) is 1. The van der Waals surface area contributed by atoms with Crippen LogP contribution < -0.4 is 0 Å². The van der Waals surface area contributed by atoms with Crippen LogP contribution in [0.15, 0.2) is 42.5 Å². The van der Waals surface area contributed by atoms with Gasteiger partial charge >= 0.3 is 5.97 Å². The minimum atomic E-state index is -1.00. The van der Waals surface area contributed by atoms with Crippen LogP contribution in [-0.2, 0) is 16.1 Å². The highest BCUT2D eigenvalue weighted by molar-refractivity contribution is 5.99. The smallest absolute Gasteiger partial charge is 0.335 e. The minimum Gasteiger partial charge on any atom is -0.478 e. The van der Waals surface area contributed by atoms with Gasteiger partial charge in [0, 0.05) is 24.0 Å². The molecule has 1 atom stereocenters. The van der Waals surface area contributed by atoms with E-state index in [1.165, 1.54) is 0 Å². The first-order valence-electron chi connectivity index (χ1n) is 13.2. The highest BCUT2D eigenvalue weighted by Gasteiger charge is 2.26. The summed E-state index contributed by atoms with van der Waals surface area (Å²) in [6.45, 7) is 8.15. The largest absolute Gasteiger partial charge is 0.478 e. The van der Waals surface area contributed by atoms with Crippen molar-refractivity contribution in [2.45, 2.75) is 58.9 Å². The Morgan fingerprint density at radius 3 is 2.30 bits per heavy atom. The summed E-state index contributed by atoms with van der Waals surface area (Å²) in [5.41, 5.74) is 4.50. The molecule has 0 bridgehead atoms. The number of carbonyl (C=O) groups is 3. The quantitative estimate of drug-likeness (QED) is 0.280. The zero-order chi connectivity index (χ0) is 26.5. The first kappa shape index (κ1) is 26.6. The number of carbonyl (C=O) groups excluding carboxylic acids is 2. The fraction of sp³-hybridized carbons (Fsp3) is 0.433. The number of fused-ring (bicyclic) bond motifs is 1. The lowest BCUT2D eigenvalue weighted by Gasteiger charge is -2.27. The molecule has 1 fully saturated rings. The maximum absolute atomic E-state index is 13.4. The van der Waals surface area contributed by atoms with Crippen molar-refractivity contribution in [2.75, 3.05) is 26.3 Å². The van der Waals surface area contributed by atoms with Crippen LogP contribution in [0.1, 0.15) is 78.7 Å². The van der Waals surface area contributed by atoms with Crippen LogP contribution in [0.3, 0.4) is 0 Å². The van der Waals surface area contributed by atoms with Crippen molar-refractivity contribution in [3.05, 3.63) is 59.2 Å². The van der Waals surface area contributed by atoms with Gasteiger partial charge in [-0.05, 0) is 42.5 Å². The standard InChI is InChI=1S/C30H36N2O5/c1-4-5-6-7-20(2)28-25-13-12-24(30(35)36)18-26(25)32(19-27(34)31-14-16-37-17-15-31)29(28)23-10-8-22(9-11-23)21(3)33/h8-13,18,20H,4-7,14-17,19H2,1-3H3,(H,35,36). The third-order valence-electron chi connectivity index (χ3n) is 7.31. The number of benzene rings is 2. The number of ketones is 1. The number of aromatic carboxylic acids is 1. The Bertz CT molecular complexity index is 1290. The number of ether oxygens (including phenoxy) is 1. The summed E-state index contributed by atoms with van der Waals surface area (Å²) in [5.74, 6) is -0.826. The predicted molar refractivity (Wildman–Crippen MR) is 144 cm³/mol. The van der Waals surface area contributed by atoms with Crippen LogP contribution in [-0.4, -0.2) is 58.5 Å². The molecule has 0 spiro atoms. The Morgan fingerprint density at radius 1 is 1.00 bits per heavy atom. The molecule has 1 aromatic heterocycles. The number of carboxylic acids is 1. The molecule has 1 amide bonds. The Hall–Kier alpha value is -3.45. The molecule has 2 aromatic carbocycles. The number of rotatable bonds is 10. The van der Waals surface area contributed by atoms with E-state index in [0.29, 0.717) is 31.9 Å². The molecule has 1 saturated heterocycles. The average Bonchev–Trinajstić information content (AvgIpc) is 3.22. The van der Waals surface area contributed by atoms with E-state index in [2.05, 4.69) is 13.8 Å². The van der Waals surface area contributed by atoms with E-state index in [0.717, 1.165) is 53.4 Å². The number of morpholine rings is 1. The van der Waals surface area contributed by atoms with Crippen LogP contribution in [0.2, 0.25) is 0 Å². The van der Waals surface area contributed by atoms with Gasteiger partial charge in [0.25, 0.3) is 0 Å². The zero-order valence-electron chi connectivity index (χ0n) is 22.0. The van der Waals surface area contributed by atoms with Gasteiger partial charge in [-0.2, -0.15) is 0 Å². The summed E-state index contributed by atoms with van der Waals surface area (Å²) < 4.78 is 7.40. The number of aromatic nitrogens is 1. The highest BCUT2D eigenvalue weighted by atomic mass is 16.5. The minimum absolute atomic E-state index is 0.00570.